The number of pyridine rings is 1. The molecule has 0 saturated heterocycles. The van der Waals surface area contributed by atoms with E-state index in [4.69, 9.17) is 9.84 Å². The number of carbonyl (C=O) groups is 1. The summed E-state index contributed by atoms with van der Waals surface area (Å²) in [5.41, 5.74) is -1.79. The highest BCUT2D eigenvalue weighted by Gasteiger charge is 2.31. The Morgan fingerprint density at radius 3 is 2.57 bits per heavy atom. The van der Waals surface area contributed by atoms with Crippen molar-refractivity contribution < 1.29 is 32.2 Å². The van der Waals surface area contributed by atoms with Crippen molar-refractivity contribution in [2.75, 3.05) is 0 Å². The fourth-order valence-electron chi connectivity index (χ4n) is 1.55. The van der Waals surface area contributed by atoms with Crippen LogP contribution in [-0.4, -0.2) is 16.1 Å². The van der Waals surface area contributed by atoms with Crippen LogP contribution in [0.15, 0.2) is 36.5 Å². The lowest BCUT2D eigenvalue weighted by Crippen LogP contribution is -2.06. The van der Waals surface area contributed by atoms with Crippen LogP contribution in [0.5, 0.6) is 11.6 Å². The van der Waals surface area contributed by atoms with Crippen molar-refractivity contribution in [1.29, 1.82) is 0 Å². The van der Waals surface area contributed by atoms with Gasteiger partial charge >= 0.3 is 12.1 Å². The van der Waals surface area contributed by atoms with E-state index in [1.165, 1.54) is 6.07 Å². The van der Waals surface area contributed by atoms with Gasteiger partial charge in [-0.2, -0.15) is 13.2 Å². The highest BCUT2D eigenvalue weighted by Crippen LogP contribution is 2.32. The Labute approximate surface area is 115 Å². The molecule has 1 aromatic carbocycles. The van der Waals surface area contributed by atoms with Gasteiger partial charge < -0.3 is 9.84 Å². The molecule has 2 aromatic rings. The normalized spacial score (nSPS) is 11.2. The minimum atomic E-state index is -4.60. The fourth-order valence-corrected chi connectivity index (χ4v) is 1.55. The van der Waals surface area contributed by atoms with Crippen molar-refractivity contribution in [1.82, 2.24) is 4.98 Å². The fraction of sp³-hybridized carbons (Fsp3) is 0.0769. The summed E-state index contributed by atoms with van der Waals surface area (Å²) >= 11 is 0. The van der Waals surface area contributed by atoms with Crippen LogP contribution in [-0.2, 0) is 6.18 Å². The number of rotatable bonds is 3. The quantitative estimate of drug-likeness (QED) is 0.878. The standard InChI is InChI=1S/C13H7F4NO3/c14-8-2-1-3-9(11(8)12(19)20)21-10-6-7(4-5-18-10)13(15,16)17/h1-6H,(H,19,20). The number of benzene rings is 1. The van der Waals surface area contributed by atoms with Crippen molar-refractivity contribution in [2.24, 2.45) is 0 Å². The van der Waals surface area contributed by atoms with Crippen molar-refractivity contribution in [2.45, 2.75) is 6.18 Å². The Hall–Kier alpha value is -2.64. The van der Waals surface area contributed by atoms with Gasteiger partial charge in [-0.05, 0) is 18.2 Å². The van der Waals surface area contributed by atoms with Gasteiger partial charge in [0.2, 0.25) is 5.88 Å². The van der Waals surface area contributed by atoms with Gasteiger partial charge in [0.25, 0.3) is 0 Å². The lowest BCUT2D eigenvalue weighted by molar-refractivity contribution is -0.137. The number of carboxylic acid groups (broad SMARTS) is 1. The maximum Gasteiger partial charge on any atom is 0.416 e. The first kappa shape index (κ1) is 14.8. The molecule has 0 aliphatic rings. The summed E-state index contributed by atoms with van der Waals surface area (Å²) in [6.45, 7) is 0. The molecule has 0 radical (unpaired) electrons. The first-order valence-corrected chi connectivity index (χ1v) is 5.52. The van der Waals surface area contributed by atoms with Crippen molar-refractivity contribution in [3.8, 4) is 11.6 Å². The Morgan fingerprint density at radius 1 is 1.24 bits per heavy atom. The van der Waals surface area contributed by atoms with Crippen LogP contribution in [0.25, 0.3) is 0 Å². The summed E-state index contributed by atoms with van der Waals surface area (Å²) in [6, 6.07) is 4.52. The molecular formula is C13H7F4NO3. The maximum absolute atomic E-state index is 13.4. The van der Waals surface area contributed by atoms with Crippen LogP contribution in [0.3, 0.4) is 0 Å². The molecule has 8 heteroatoms. The van der Waals surface area contributed by atoms with E-state index in [0.717, 1.165) is 24.4 Å². The van der Waals surface area contributed by atoms with Crippen LogP contribution in [0.4, 0.5) is 17.6 Å². The second-order valence-electron chi connectivity index (χ2n) is 3.90. The third-order valence-corrected chi connectivity index (χ3v) is 2.47. The first-order chi connectivity index (χ1) is 9.79. The number of ether oxygens (including phenoxy) is 1. The van der Waals surface area contributed by atoms with Gasteiger partial charge in [0.05, 0.1) is 5.56 Å². The van der Waals surface area contributed by atoms with Crippen LogP contribution >= 0.6 is 0 Å². The van der Waals surface area contributed by atoms with Crippen LogP contribution in [0.1, 0.15) is 15.9 Å². The zero-order valence-corrected chi connectivity index (χ0v) is 10.2. The predicted molar refractivity (Wildman–Crippen MR) is 62.7 cm³/mol. The highest BCUT2D eigenvalue weighted by molar-refractivity contribution is 5.91. The van der Waals surface area contributed by atoms with Crippen LogP contribution in [0, 0.1) is 5.82 Å². The van der Waals surface area contributed by atoms with E-state index in [9.17, 15) is 22.4 Å². The van der Waals surface area contributed by atoms with E-state index in [2.05, 4.69) is 4.98 Å². The second kappa shape index (κ2) is 5.39. The Balaban J connectivity index is 2.40. The predicted octanol–water partition coefficient (Wildman–Crippen LogP) is 3.73. The summed E-state index contributed by atoms with van der Waals surface area (Å²) in [6.07, 6.45) is -3.74. The molecule has 1 heterocycles. The minimum absolute atomic E-state index is 0.436. The third kappa shape index (κ3) is 3.28. The molecule has 21 heavy (non-hydrogen) atoms. The number of aromatic nitrogens is 1. The number of hydrogen-bond donors (Lipinski definition) is 1. The maximum atomic E-state index is 13.4. The molecule has 2 rings (SSSR count). The van der Waals surface area contributed by atoms with Crippen molar-refractivity contribution in [3.05, 3.63) is 53.5 Å². The molecule has 0 fully saturated rings. The minimum Gasteiger partial charge on any atom is -0.477 e. The molecule has 4 nitrogen and oxygen atoms in total. The summed E-state index contributed by atoms with van der Waals surface area (Å²) in [5, 5.41) is 8.89. The van der Waals surface area contributed by atoms with E-state index in [-0.39, 0.29) is 0 Å². The zero-order chi connectivity index (χ0) is 15.6. The van der Waals surface area contributed by atoms with E-state index in [0.29, 0.717) is 6.07 Å². The average molecular weight is 301 g/mol. The Morgan fingerprint density at radius 2 is 1.95 bits per heavy atom. The number of alkyl halides is 3. The molecular weight excluding hydrogens is 294 g/mol. The molecule has 0 saturated carbocycles. The Bertz CT molecular complexity index is 685. The second-order valence-corrected chi connectivity index (χ2v) is 3.90. The lowest BCUT2D eigenvalue weighted by atomic mass is 10.2. The lowest BCUT2D eigenvalue weighted by Gasteiger charge is -2.10. The number of hydrogen-bond acceptors (Lipinski definition) is 3. The molecule has 0 amide bonds. The number of halogens is 4. The van der Waals surface area contributed by atoms with Gasteiger partial charge in [-0.15, -0.1) is 0 Å². The molecule has 0 bridgehead atoms. The number of nitrogens with zero attached hydrogens (tertiary/aromatic N) is 1. The average Bonchev–Trinajstić information content (AvgIpc) is 2.37. The highest BCUT2D eigenvalue weighted by atomic mass is 19.4. The Kier molecular flexibility index (Phi) is 3.79. The smallest absolute Gasteiger partial charge is 0.416 e. The molecule has 0 spiro atoms. The zero-order valence-electron chi connectivity index (χ0n) is 10.2. The van der Waals surface area contributed by atoms with E-state index < -0.39 is 40.7 Å². The first-order valence-electron chi connectivity index (χ1n) is 5.52. The van der Waals surface area contributed by atoms with Gasteiger partial charge in [0, 0.05) is 12.3 Å². The van der Waals surface area contributed by atoms with Gasteiger partial charge in [0.15, 0.2) is 0 Å². The summed E-state index contributed by atoms with van der Waals surface area (Å²) in [7, 11) is 0. The van der Waals surface area contributed by atoms with E-state index in [1.807, 2.05) is 0 Å². The van der Waals surface area contributed by atoms with Gasteiger partial charge in [-0.3, -0.25) is 0 Å². The van der Waals surface area contributed by atoms with Gasteiger partial charge in [0.1, 0.15) is 17.1 Å². The summed E-state index contributed by atoms with van der Waals surface area (Å²) in [4.78, 5) is 14.5. The third-order valence-electron chi connectivity index (χ3n) is 2.47. The molecule has 0 aliphatic carbocycles. The number of aromatic carboxylic acids is 1. The molecule has 110 valence electrons. The molecule has 0 unspecified atom stereocenters. The van der Waals surface area contributed by atoms with Gasteiger partial charge in [-0.1, -0.05) is 6.07 Å². The summed E-state index contributed by atoms with van der Waals surface area (Å²) < 4.78 is 56.0. The van der Waals surface area contributed by atoms with Crippen molar-refractivity contribution >= 4 is 5.97 Å². The molecule has 0 atom stereocenters. The number of carboxylic acids is 1. The largest absolute Gasteiger partial charge is 0.477 e. The van der Waals surface area contributed by atoms with E-state index in [1.54, 1.807) is 0 Å². The topological polar surface area (TPSA) is 59.4 Å². The van der Waals surface area contributed by atoms with Gasteiger partial charge in [-0.25, -0.2) is 14.2 Å². The molecule has 1 aromatic heterocycles. The molecule has 1 N–H and O–H groups in total. The van der Waals surface area contributed by atoms with E-state index >= 15 is 0 Å². The van der Waals surface area contributed by atoms with Crippen LogP contribution in [0.2, 0.25) is 0 Å². The molecule has 0 aliphatic heterocycles. The SMILES string of the molecule is O=C(O)c1c(F)cccc1Oc1cc(C(F)(F)F)ccn1. The summed E-state index contributed by atoms with van der Waals surface area (Å²) in [5.74, 6) is -3.59. The van der Waals surface area contributed by atoms with Crippen LogP contribution < -0.4 is 4.74 Å². The van der Waals surface area contributed by atoms with Crippen molar-refractivity contribution in [3.63, 3.8) is 0 Å². The monoisotopic (exact) mass is 301 g/mol.